The van der Waals surface area contributed by atoms with Crippen molar-refractivity contribution < 1.29 is 18.9 Å². The maximum absolute atomic E-state index is 5.44. The molecule has 0 aromatic heterocycles. The number of guanidine groups is 1. The first-order valence-corrected chi connectivity index (χ1v) is 7.85. The van der Waals surface area contributed by atoms with Crippen LogP contribution in [0.4, 0.5) is 0 Å². The summed E-state index contributed by atoms with van der Waals surface area (Å²) in [4.78, 5) is 6.32. The van der Waals surface area contributed by atoms with Gasteiger partial charge >= 0.3 is 0 Å². The topological polar surface area (TPSA) is 64.6 Å². The summed E-state index contributed by atoms with van der Waals surface area (Å²) in [5, 5.41) is 3.27. The van der Waals surface area contributed by atoms with Crippen LogP contribution in [-0.2, 0) is 16.0 Å². The molecule has 7 heteroatoms. The number of methoxy groups -OCH3 is 3. The maximum Gasteiger partial charge on any atom is 0.193 e. The van der Waals surface area contributed by atoms with Crippen molar-refractivity contribution in [3.05, 3.63) is 23.8 Å². The SMILES string of the molecule is CN=C(NCCOCCOC)N(C)Cc1ccc(OC)cc1OC. The van der Waals surface area contributed by atoms with Gasteiger partial charge < -0.3 is 29.2 Å². The summed E-state index contributed by atoms with van der Waals surface area (Å²) in [6, 6.07) is 5.80. The zero-order chi connectivity index (χ0) is 17.8. The van der Waals surface area contributed by atoms with Crippen LogP contribution in [0.5, 0.6) is 11.5 Å². The van der Waals surface area contributed by atoms with E-state index >= 15 is 0 Å². The van der Waals surface area contributed by atoms with Crippen molar-refractivity contribution in [2.24, 2.45) is 4.99 Å². The number of ether oxygens (including phenoxy) is 4. The molecule has 24 heavy (non-hydrogen) atoms. The van der Waals surface area contributed by atoms with E-state index in [1.165, 1.54) is 0 Å². The Morgan fingerprint density at radius 3 is 2.54 bits per heavy atom. The predicted octanol–water partition coefficient (Wildman–Crippen LogP) is 1.37. The highest BCUT2D eigenvalue weighted by atomic mass is 16.5. The number of nitrogens with one attached hydrogen (secondary N) is 1. The first kappa shape index (κ1) is 20.1. The van der Waals surface area contributed by atoms with E-state index in [1.807, 2.05) is 30.1 Å². The van der Waals surface area contributed by atoms with E-state index in [1.54, 1.807) is 28.4 Å². The lowest BCUT2D eigenvalue weighted by Crippen LogP contribution is -2.40. The summed E-state index contributed by atoms with van der Waals surface area (Å²) >= 11 is 0. The summed E-state index contributed by atoms with van der Waals surface area (Å²) in [6.45, 7) is 3.14. The molecule has 1 aromatic carbocycles. The largest absolute Gasteiger partial charge is 0.497 e. The lowest BCUT2D eigenvalue weighted by molar-refractivity contribution is 0.0731. The molecular formula is C17H29N3O4. The fourth-order valence-electron chi connectivity index (χ4n) is 2.18. The van der Waals surface area contributed by atoms with Crippen LogP contribution in [0.3, 0.4) is 0 Å². The van der Waals surface area contributed by atoms with Crippen molar-refractivity contribution in [3.8, 4) is 11.5 Å². The minimum atomic E-state index is 0.593. The summed E-state index contributed by atoms with van der Waals surface area (Å²) in [5.74, 6) is 2.36. The molecular weight excluding hydrogens is 310 g/mol. The third kappa shape index (κ3) is 6.64. The molecule has 0 spiro atoms. The van der Waals surface area contributed by atoms with Gasteiger partial charge in [-0.15, -0.1) is 0 Å². The van der Waals surface area contributed by atoms with Crippen molar-refractivity contribution in [2.45, 2.75) is 6.54 Å². The standard InChI is InChI=1S/C17H29N3O4/c1-18-17(19-8-9-24-11-10-21-3)20(2)13-14-6-7-15(22-4)12-16(14)23-5/h6-7,12H,8-11,13H2,1-5H3,(H,18,19). The van der Waals surface area contributed by atoms with Gasteiger partial charge in [0.2, 0.25) is 0 Å². The molecule has 0 aliphatic rings. The smallest absolute Gasteiger partial charge is 0.193 e. The zero-order valence-electron chi connectivity index (χ0n) is 15.3. The first-order valence-electron chi connectivity index (χ1n) is 7.85. The van der Waals surface area contributed by atoms with Gasteiger partial charge in [-0.1, -0.05) is 0 Å². The number of benzene rings is 1. The highest BCUT2D eigenvalue weighted by Gasteiger charge is 2.11. The van der Waals surface area contributed by atoms with Crippen LogP contribution >= 0.6 is 0 Å². The summed E-state index contributed by atoms with van der Waals surface area (Å²) < 4.78 is 21.0. The Bertz CT molecular complexity index is 509. The molecule has 0 radical (unpaired) electrons. The minimum Gasteiger partial charge on any atom is -0.497 e. The lowest BCUT2D eigenvalue weighted by Gasteiger charge is -2.23. The van der Waals surface area contributed by atoms with Crippen LogP contribution in [0.1, 0.15) is 5.56 Å². The number of hydrogen-bond donors (Lipinski definition) is 1. The van der Waals surface area contributed by atoms with Gasteiger partial charge in [0.1, 0.15) is 11.5 Å². The van der Waals surface area contributed by atoms with Crippen molar-refractivity contribution in [1.29, 1.82) is 0 Å². The fraction of sp³-hybridized carbons (Fsp3) is 0.588. The van der Waals surface area contributed by atoms with Crippen LogP contribution in [0.25, 0.3) is 0 Å². The van der Waals surface area contributed by atoms with Gasteiger partial charge in [0.15, 0.2) is 5.96 Å². The monoisotopic (exact) mass is 339 g/mol. The lowest BCUT2D eigenvalue weighted by atomic mass is 10.2. The second-order valence-electron chi connectivity index (χ2n) is 5.11. The molecule has 0 heterocycles. The van der Waals surface area contributed by atoms with Gasteiger partial charge in [-0.25, -0.2) is 0 Å². The van der Waals surface area contributed by atoms with Crippen LogP contribution in [-0.4, -0.2) is 72.6 Å². The van der Waals surface area contributed by atoms with Crippen molar-refractivity contribution >= 4 is 5.96 Å². The number of hydrogen-bond acceptors (Lipinski definition) is 5. The maximum atomic E-state index is 5.44. The van der Waals surface area contributed by atoms with E-state index in [4.69, 9.17) is 18.9 Å². The molecule has 0 saturated heterocycles. The summed E-state index contributed by atoms with van der Waals surface area (Å²) in [5.41, 5.74) is 1.06. The molecule has 0 unspecified atom stereocenters. The van der Waals surface area contributed by atoms with Gasteiger partial charge in [-0.05, 0) is 12.1 Å². The Kier molecular flexibility index (Phi) is 9.64. The van der Waals surface area contributed by atoms with Crippen LogP contribution in [0.2, 0.25) is 0 Å². The molecule has 0 fully saturated rings. The Morgan fingerprint density at radius 2 is 1.92 bits per heavy atom. The Labute approximate surface area is 144 Å². The third-order valence-corrected chi connectivity index (χ3v) is 3.44. The molecule has 1 N–H and O–H groups in total. The molecule has 0 atom stereocenters. The predicted molar refractivity (Wildman–Crippen MR) is 95.1 cm³/mol. The van der Waals surface area contributed by atoms with Gasteiger partial charge in [0, 0.05) is 45.9 Å². The van der Waals surface area contributed by atoms with Gasteiger partial charge in [-0.2, -0.15) is 0 Å². The Balaban J connectivity index is 2.53. The Hall–Kier alpha value is -1.99. The van der Waals surface area contributed by atoms with Crippen molar-refractivity contribution in [2.75, 3.05) is 61.8 Å². The number of nitrogens with zero attached hydrogens (tertiary/aromatic N) is 2. The molecule has 0 aliphatic carbocycles. The van der Waals surface area contributed by atoms with E-state index in [2.05, 4.69) is 10.3 Å². The van der Waals surface area contributed by atoms with E-state index in [9.17, 15) is 0 Å². The third-order valence-electron chi connectivity index (χ3n) is 3.44. The number of rotatable bonds is 10. The van der Waals surface area contributed by atoms with E-state index < -0.39 is 0 Å². The van der Waals surface area contributed by atoms with E-state index in [0.29, 0.717) is 32.9 Å². The average molecular weight is 339 g/mol. The molecule has 1 rings (SSSR count). The highest BCUT2D eigenvalue weighted by molar-refractivity contribution is 5.79. The molecule has 7 nitrogen and oxygen atoms in total. The molecule has 136 valence electrons. The van der Waals surface area contributed by atoms with Crippen LogP contribution in [0, 0.1) is 0 Å². The van der Waals surface area contributed by atoms with Gasteiger partial charge in [0.05, 0.1) is 34.0 Å². The average Bonchev–Trinajstić information content (AvgIpc) is 2.61. The minimum absolute atomic E-state index is 0.593. The van der Waals surface area contributed by atoms with Crippen LogP contribution in [0.15, 0.2) is 23.2 Å². The van der Waals surface area contributed by atoms with Crippen molar-refractivity contribution in [3.63, 3.8) is 0 Å². The molecule has 1 aromatic rings. The molecule has 0 bridgehead atoms. The van der Waals surface area contributed by atoms with E-state index in [0.717, 1.165) is 23.0 Å². The highest BCUT2D eigenvalue weighted by Crippen LogP contribution is 2.25. The normalized spacial score (nSPS) is 11.3. The fourth-order valence-corrected chi connectivity index (χ4v) is 2.18. The molecule has 0 saturated carbocycles. The van der Waals surface area contributed by atoms with E-state index in [-0.39, 0.29) is 0 Å². The van der Waals surface area contributed by atoms with Crippen LogP contribution < -0.4 is 14.8 Å². The van der Waals surface area contributed by atoms with Gasteiger partial charge in [0.25, 0.3) is 0 Å². The molecule has 0 amide bonds. The quantitative estimate of drug-likeness (QED) is 0.395. The molecule has 0 aliphatic heterocycles. The summed E-state index contributed by atoms with van der Waals surface area (Å²) in [6.07, 6.45) is 0. The summed E-state index contributed by atoms with van der Waals surface area (Å²) in [7, 11) is 8.69. The second-order valence-corrected chi connectivity index (χ2v) is 5.11. The first-order chi connectivity index (χ1) is 11.7. The van der Waals surface area contributed by atoms with Crippen molar-refractivity contribution in [1.82, 2.24) is 10.2 Å². The number of aliphatic imine (C=N–C) groups is 1. The second kappa shape index (κ2) is 11.5. The Morgan fingerprint density at radius 1 is 1.12 bits per heavy atom. The van der Waals surface area contributed by atoms with Gasteiger partial charge in [-0.3, -0.25) is 4.99 Å². The zero-order valence-corrected chi connectivity index (χ0v) is 15.3.